The number of carbonyl (C=O) groups excluding carboxylic acids is 1. The van der Waals surface area contributed by atoms with Gasteiger partial charge in [0, 0.05) is 6.20 Å². The summed E-state index contributed by atoms with van der Waals surface area (Å²) in [6, 6.07) is 10.5. The van der Waals surface area contributed by atoms with Gasteiger partial charge in [-0.3, -0.25) is 9.59 Å². The first kappa shape index (κ1) is 14.7. The Kier molecular flexibility index (Phi) is 4.01. The summed E-state index contributed by atoms with van der Waals surface area (Å²) < 4.78 is 1.65. The number of aromatic nitrogens is 4. The zero-order valence-electron chi connectivity index (χ0n) is 12.4. The molecule has 0 aliphatic carbocycles. The van der Waals surface area contributed by atoms with Crippen molar-refractivity contribution in [1.82, 2.24) is 25.1 Å². The van der Waals surface area contributed by atoms with E-state index in [9.17, 15) is 9.59 Å². The smallest absolute Gasteiger partial charge is 0.260 e. The van der Waals surface area contributed by atoms with Crippen molar-refractivity contribution in [2.75, 3.05) is 0 Å². The number of pyridine rings is 1. The van der Waals surface area contributed by atoms with E-state index in [0.717, 1.165) is 11.3 Å². The summed E-state index contributed by atoms with van der Waals surface area (Å²) in [4.78, 5) is 30.2. The number of H-pyrrole nitrogens is 1. The number of hydrogen-bond acceptors (Lipinski definition) is 4. The van der Waals surface area contributed by atoms with E-state index in [2.05, 4.69) is 20.4 Å². The standard InChI is InChI=1S/C16H15N5O2/c1-11(20-16(23)14-3-2-8-18-15(14)22)12-4-6-13(7-5-12)21-10-17-9-19-21/h2-11H,1H3,(H,18,22)(H,20,23)/t11-/m0/s1. The summed E-state index contributed by atoms with van der Waals surface area (Å²) >= 11 is 0. The van der Waals surface area contributed by atoms with E-state index in [0.29, 0.717) is 0 Å². The molecule has 1 atom stereocenters. The summed E-state index contributed by atoms with van der Waals surface area (Å²) in [7, 11) is 0. The molecule has 3 aromatic rings. The van der Waals surface area contributed by atoms with Gasteiger partial charge in [0.1, 0.15) is 18.2 Å². The first-order chi connectivity index (χ1) is 11.1. The third kappa shape index (κ3) is 3.18. The lowest BCUT2D eigenvalue weighted by Gasteiger charge is -2.14. The van der Waals surface area contributed by atoms with Crippen molar-refractivity contribution in [2.24, 2.45) is 0 Å². The molecule has 2 N–H and O–H groups in total. The van der Waals surface area contributed by atoms with Crippen LogP contribution in [0.1, 0.15) is 28.9 Å². The molecule has 1 amide bonds. The van der Waals surface area contributed by atoms with Gasteiger partial charge in [0.2, 0.25) is 0 Å². The highest BCUT2D eigenvalue weighted by molar-refractivity contribution is 5.93. The summed E-state index contributed by atoms with van der Waals surface area (Å²) in [5.41, 5.74) is 1.50. The fraction of sp³-hybridized carbons (Fsp3) is 0.125. The monoisotopic (exact) mass is 309 g/mol. The van der Waals surface area contributed by atoms with Gasteiger partial charge in [-0.25, -0.2) is 9.67 Å². The topological polar surface area (TPSA) is 92.7 Å². The molecule has 0 fully saturated rings. The van der Waals surface area contributed by atoms with Crippen LogP contribution in [-0.4, -0.2) is 25.7 Å². The molecule has 0 radical (unpaired) electrons. The average Bonchev–Trinajstić information content (AvgIpc) is 3.09. The van der Waals surface area contributed by atoms with Crippen LogP contribution in [0.15, 0.2) is 60.0 Å². The molecule has 1 aromatic carbocycles. The number of nitrogens with one attached hydrogen (secondary N) is 2. The Hall–Kier alpha value is -3.22. The van der Waals surface area contributed by atoms with E-state index >= 15 is 0 Å². The van der Waals surface area contributed by atoms with Crippen molar-refractivity contribution >= 4 is 5.91 Å². The van der Waals surface area contributed by atoms with Crippen molar-refractivity contribution in [3.8, 4) is 5.69 Å². The number of aromatic amines is 1. The number of amides is 1. The maximum atomic E-state index is 12.1. The minimum absolute atomic E-state index is 0.0959. The predicted octanol–water partition coefficient (Wildman–Crippen LogP) is 1.45. The lowest BCUT2D eigenvalue weighted by atomic mass is 10.1. The first-order valence-electron chi connectivity index (χ1n) is 7.08. The minimum atomic E-state index is -0.404. The molecule has 0 unspecified atom stereocenters. The van der Waals surface area contributed by atoms with Crippen LogP contribution in [0.4, 0.5) is 0 Å². The van der Waals surface area contributed by atoms with E-state index < -0.39 is 11.5 Å². The third-order valence-corrected chi connectivity index (χ3v) is 3.49. The maximum absolute atomic E-state index is 12.1. The number of hydrogen-bond donors (Lipinski definition) is 2. The van der Waals surface area contributed by atoms with Crippen LogP contribution in [0.2, 0.25) is 0 Å². The molecule has 0 spiro atoms. The molecule has 7 nitrogen and oxygen atoms in total. The number of carbonyl (C=O) groups is 1. The molecular formula is C16H15N5O2. The average molecular weight is 309 g/mol. The third-order valence-electron chi connectivity index (χ3n) is 3.49. The molecule has 3 rings (SSSR count). The zero-order chi connectivity index (χ0) is 16.2. The molecular weight excluding hydrogens is 294 g/mol. The first-order valence-corrected chi connectivity index (χ1v) is 7.08. The van der Waals surface area contributed by atoms with Crippen LogP contribution in [0.5, 0.6) is 0 Å². The zero-order valence-corrected chi connectivity index (χ0v) is 12.4. The quantitative estimate of drug-likeness (QED) is 0.763. The van der Waals surface area contributed by atoms with Crippen LogP contribution in [0, 0.1) is 0 Å². The van der Waals surface area contributed by atoms with Crippen LogP contribution in [0.25, 0.3) is 5.69 Å². The summed E-state index contributed by atoms with van der Waals surface area (Å²) in [6.45, 7) is 1.86. The van der Waals surface area contributed by atoms with Gasteiger partial charge < -0.3 is 10.3 Å². The molecule has 0 saturated carbocycles. The second-order valence-corrected chi connectivity index (χ2v) is 5.04. The Bertz CT molecular complexity index is 853. The molecule has 2 heterocycles. The van der Waals surface area contributed by atoms with Crippen molar-refractivity contribution in [2.45, 2.75) is 13.0 Å². The Labute approximate surface area is 132 Å². The molecule has 116 valence electrons. The molecule has 0 saturated heterocycles. The molecule has 0 aliphatic rings. The van der Waals surface area contributed by atoms with Gasteiger partial charge >= 0.3 is 0 Å². The summed E-state index contributed by atoms with van der Waals surface area (Å²) in [5.74, 6) is -0.403. The van der Waals surface area contributed by atoms with E-state index in [1.807, 2.05) is 31.2 Å². The van der Waals surface area contributed by atoms with Gasteiger partial charge in [-0.15, -0.1) is 0 Å². The molecule has 0 aliphatic heterocycles. The van der Waals surface area contributed by atoms with E-state index in [1.54, 1.807) is 17.1 Å². The maximum Gasteiger partial charge on any atom is 0.260 e. The van der Waals surface area contributed by atoms with E-state index in [4.69, 9.17) is 0 Å². The van der Waals surface area contributed by atoms with Gasteiger partial charge in [0.05, 0.1) is 11.7 Å². The fourth-order valence-corrected chi connectivity index (χ4v) is 2.22. The van der Waals surface area contributed by atoms with Gasteiger partial charge in [0.25, 0.3) is 11.5 Å². The Balaban J connectivity index is 1.73. The highest BCUT2D eigenvalue weighted by Crippen LogP contribution is 2.15. The van der Waals surface area contributed by atoms with Crippen molar-refractivity contribution in [1.29, 1.82) is 0 Å². The van der Waals surface area contributed by atoms with E-state index in [-0.39, 0.29) is 11.6 Å². The molecule has 0 bridgehead atoms. The SMILES string of the molecule is C[C@H](NC(=O)c1ccc[nH]c1=O)c1ccc(-n2cncn2)cc1. The molecule has 23 heavy (non-hydrogen) atoms. The van der Waals surface area contributed by atoms with Crippen LogP contribution >= 0.6 is 0 Å². The van der Waals surface area contributed by atoms with Crippen LogP contribution in [-0.2, 0) is 0 Å². The summed E-state index contributed by atoms with van der Waals surface area (Å²) in [5, 5.41) is 6.87. The lowest BCUT2D eigenvalue weighted by molar-refractivity contribution is 0.0938. The Morgan fingerprint density at radius 3 is 2.70 bits per heavy atom. The Morgan fingerprint density at radius 1 is 1.26 bits per heavy atom. The van der Waals surface area contributed by atoms with Gasteiger partial charge in [-0.2, -0.15) is 5.10 Å². The molecule has 2 aromatic heterocycles. The van der Waals surface area contributed by atoms with Gasteiger partial charge in [0.15, 0.2) is 0 Å². The predicted molar refractivity (Wildman–Crippen MR) is 84.3 cm³/mol. The summed E-state index contributed by atoms with van der Waals surface area (Å²) in [6.07, 6.45) is 4.57. The second-order valence-electron chi connectivity index (χ2n) is 5.04. The van der Waals surface area contributed by atoms with Crippen LogP contribution < -0.4 is 10.9 Å². The largest absolute Gasteiger partial charge is 0.345 e. The van der Waals surface area contributed by atoms with Crippen molar-refractivity contribution in [3.05, 3.63) is 76.7 Å². The van der Waals surface area contributed by atoms with Gasteiger partial charge in [-0.1, -0.05) is 12.1 Å². The highest BCUT2D eigenvalue weighted by atomic mass is 16.2. The second kappa shape index (κ2) is 6.27. The van der Waals surface area contributed by atoms with E-state index in [1.165, 1.54) is 18.6 Å². The van der Waals surface area contributed by atoms with Crippen LogP contribution in [0.3, 0.4) is 0 Å². The molecule has 7 heteroatoms. The number of benzene rings is 1. The van der Waals surface area contributed by atoms with Crippen molar-refractivity contribution in [3.63, 3.8) is 0 Å². The number of rotatable bonds is 4. The number of nitrogens with zero attached hydrogens (tertiary/aromatic N) is 3. The highest BCUT2D eigenvalue weighted by Gasteiger charge is 2.14. The Morgan fingerprint density at radius 2 is 2.04 bits per heavy atom. The van der Waals surface area contributed by atoms with Gasteiger partial charge in [-0.05, 0) is 36.8 Å². The van der Waals surface area contributed by atoms with Crippen molar-refractivity contribution < 1.29 is 4.79 Å². The lowest BCUT2D eigenvalue weighted by Crippen LogP contribution is -2.31. The fourth-order valence-electron chi connectivity index (χ4n) is 2.22. The normalized spacial score (nSPS) is 11.9. The minimum Gasteiger partial charge on any atom is -0.345 e.